The van der Waals surface area contributed by atoms with Crippen LogP contribution in [0.4, 0.5) is 11.5 Å². The molecule has 0 spiro atoms. The van der Waals surface area contributed by atoms with Crippen molar-refractivity contribution in [2.45, 2.75) is 33.7 Å². The third-order valence-corrected chi connectivity index (χ3v) is 3.41. The molecule has 2 aromatic rings. The molecule has 1 aromatic carbocycles. The van der Waals surface area contributed by atoms with E-state index < -0.39 is 0 Å². The van der Waals surface area contributed by atoms with Gasteiger partial charge in [0.1, 0.15) is 5.82 Å². The summed E-state index contributed by atoms with van der Waals surface area (Å²) in [6, 6.07) is 12.8. The molecule has 1 N–H and O–H groups in total. The van der Waals surface area contributed by atoms with Gasteiger partial charge in [0, 0.05) is 19.3 Å². The van der Waals surface area contributed by atoms with Gasteiger partial charge in [0.05, 0.1) is 12.2 Å². The van der Waals surface area contributed by atoms with E-state index in [1.165, 1.54) is 16.8 Å². The van der Waals surface area contributed by atoms with E-state index in [1.807, 2.05) is 6.07 Å². The number of nitrogens with one attached hydrogen (secondary N) is 1. The number of benzene rings is 1. The summed E-state index contributed by atoms with van der Waals surface area (Å²) in [7, 11) is 2.11. The molecular formula is C18H25N3. The van der Waals surface area contributed by atoms with E-state index in [2.05, 4.69) is 73.4 Å². The number of rotatable bonds is 6. The van der Waals surface area contributed by atoms with Crippen LogP contribution < -0.4 is 10.2 Å². The van der Waals surface area contributed by atoms with Crippen LogP contribution in [0.1, 0.15) is 30.2 Å². The summed E-state index contributed by atoms with van der Waals surface area (Å²) < 4.78 is 0. The summed E-state index contributed by atoms with van der Waals surface area (Å²) in [5, 5.41) is 3.34. The normalized spacial score (nSPS) is 10.5. The lowest BCUT2D eigenvalue weighted by atomic mass is 10.1. The van der Waals surface area contributed by atoms with Crippen molar-refractivity contribution in [1.29, 1.82) is 0 Å². The molecule has 112 valence electrons. The largest absolute Gasteiger partial charge is 0.370 e. The molecule has 0 saturated heterocycles. The lowest BCUT2D eigenvalue weighted by Crippen LogP contribution is -2.18. The Morgan fingerprint density at radius 1 is 1.10 bits per heavy atom. The van der Waals surface area contributed by atoms with Gasteiger partial charge < -0.3 is 10.2 Å². The minimum atomic E-state index is 0.810. The Morgan fingerprint density at radius 2 is 1.81 bits per heavy atom. The van der Waals surface area contributed by atoms with Gasteiger partial charge in [-0.2, -0.15) is 0 Å². The molecule has 0 aliphatic carbocycles. The second-order valence-corrected chi connectivity index (χ2v) is 5.64. The van der Waals surface area contributed by atoms with Crippen molar-refractivity contribution in [1.82, 2.24) is 4.98 Å². The van der Waals surface area contributed by atoms with Gasteiger partial charge in [0.2, 0.25) is 0 Å². The van der Waals surface area contributed by atoms with Crippen LogP contribution in [0.2, 0.25) is 0 Å². The number of hydrogen-bond donors (Lipinski definition) is 1. The number of anilines is 2. The van der Waals surface area contributed by atoms with Crippen molar-refractivity contribution in [3.63, 3.8) is 0 Å². The number of nitrogens with zero attached hydrogens (tertiary/aromatic N) is 2. The molecule has 1 heterocycles. The first-order chi connectivity index (χ1) is 10.1. The molecular weight excluding hydrogens is 258 g/mol. The van der Waals surface area contributed by atoms with Crippen LogP contribution in [0.15, 0.2) is 36.4 Å². The third-order valence-electron chi connectivity index (χ3n) is 3.41. The summed E-state index contributed by atoms with van der Waals surface area (Å²) in [6.07, 6.45) is 1.11. The van der Waals surface area contributed by atoms with E-state index in [0.29, 0.717) is 0 Å². The molecule has 0 atom stereocenters. The average Bonchev–Trinajstić information content (AvgIpc) is 2.44. The highest BCUT2D eigenvalue weighted by Gasteiger charge is 2.05. The molecule has 0 unspecified atom stereocenters. The second-order valence-electron chi connectivity index (χ2n) is 5.64. The highest BCUT2D eigenvalue weighted by molar-refractivity contribution is 5.50. The van der Waals surface area contributed by atoms with Crippen LogP contribution in [-0.2, 0) is 6.54 Å². The number of hydrogen-bond acceptors (Lipinski definition) is 3. The predicted octanol–water partition coefficient (Wildman–Crippen LogP) is 4.16. The van der Waals surface area contributed by atoms with Crippen molar-refractivity contribution >= 4 is 11.5 Å². The zero-order chi connectivity index (χ0) is 15.2. The molecule has 0 bridgehead atoms. The number of pyridine rings is 1. The third kappa shape index (κ3) is 4.48. The van der Waals surface area contributed by atoms with Crippen LogP contribution in [-0.4, -0.2) is 18.6 Å². The van der Waals surface area contributed by atoms with Gasteiger partial charge in [-0.25, -0.2) is 4.98 Å². The number of aromatic nitrogens is 1. The maximum atomic E-state index is 4.67. The Hall–Kier alpha value is -2.03. The smallest absolute Gasteiger partial charge is 0.126 e. The van der Waals surface area contributed by atoms with Crippen LogP contribution >= 0.6 is 0 Å². The van der Waals surface area contributed by atoms with Crippen molar-refractivity contribution in [2.24, 2.45) is 0 Å². The van der Waals surface area contributed by atoms with E-state index in [-0.39, 0.29) is 0 Å². The first-order valence-corrected chi connectivity index (χ1v) is 7.57. The fourth-order valence-electron chi connectivity index (χ4n) is 2.42. The van der Waals surface area contributed by atoms with Gasteiger partial charge in [0.25, 0.3) is 0 Å². The molecule has 21 heavy (non-hydrogen) atoms. The maximum Gasteiger partial charge on any atom is 0.126 e. The molecule has 0 aliphatic heterocycles. The van der Waals surface area contributed by atoms with Crippen molar-refractivity contribution in [2.75, 3.05) is 23.8 Å². The quantitative estimate of drug-likeness (QED) is 0.863. The van der Waals surface area contributed by atoms with Crippen molar-refractivity contribution in [3.8, 4) is 0 Å². The Kier molecular flexibility index (Phi) is 5.20. The topological polar surface area (TPSA) is 28.2 Å². The first kappa shape index (κ1) is 15.4. The molecule has 0 aliphatic rings. The van der Waals surface area contributed by atoms with Crippen molar-refractivity contribution in [3.05, 3.63) is 53.2 Å². The van der Waals surface area contributed by atoms with E-state index in [4.69, 9.17) is 0 Å². The SMILES string of the molecule is CCCNc1cccc(CN(C)c2cc(C)cc(C)c2)n1. The molecule has 1 aromatic heterocycles. The molecule has 2 rings (SSSR count). The van der Waals surface area contributed by atoms with E-state index >= 15 is 0 Å². The number of aryl methyl sites for hydroxylation is 2. The lowest BCUT2D eigenvalue weighted by molar-refractivity contribution is 0.879. The zero-order valence-electron chi connectivity index (χ0n) is 13.5. The summed E-state index contributed by atoms with van der Waals surface area (Å²) in [5.74, 6) is 0.961. The van der Waals surface area contributed by atoms with Gasteiger partial charge in [-0.15, -0.1) is 0 Å². The Balaban J connectivity index is 2.09. The fraction of sp³-hybridized carbons (Fsp3) is 0.389. The molecule has 0 saturated carbocycles. The molecule has 0 fully saturated rings. The summed E-state index contributed by atoms with van der Waals surface area (Å²) >= 11 is 0. The van der Waals surface area contributed by atoms with Crippen LogP contribution in [0.3, 0.4) is 0 Å². The van der Waals surface area contributed by atoms with Crippen molar-refractivity contribution < 1.29 is 0 Å². The van der Waals surface area contributed by atoms with Gasteiger partial charge >= 0.3 is 0 Å². The highest BCUT2D eigenvalue weighted by Crippen LogP contribution is 2.19. The monoisotopic (exact) mass is 283 g/mol. The van der Waals surface area contributed by atoms with Gasteiger partial charge in [-0.1, -0.05) is 19.1 Å². The molecule has 3 nitrogen and oxygen atoms in total. The predicted molar refractivity (Wildman–Crippen MR) is 91.0 cm³/mol. The Bertz CT molecular complexity index is 573. The highest BCUT2D eigenvalue weighted by atomic mass is 15.1. The van der Waals surface area contributed by atoms with Gasteiger partial charge in [-0.3, -0.25) is 0 Å². The minimum Gasteiger partial charge on any atom is -0.370 e. The summed E-state index contributed by atoms with van der Waals surface area (Å²) in [4.78, 5) is 6.91. The zero-order valence-corrected chi connectivity index (χ0v) is 13.5. The first-order valence-electron chi connectivity index (χ1n) is 7.57. The van der Waals surface area contributed by atoms with Crippen LogP contribution in [0.5, 0.6) is 0 Å². The van der Waals surface area contributed by atoms with Gasteiger partial charge in [0.15, 0.2) is 0 Å². The summed E-state index contributed by atoms with van der Waals surface area (Å²) in [5.41, 5.74) is 4.91. The standard InChI is InChI=1S/C18H25N3/c1-5-9-19-18-8-6-7-16(20-18)13-21(4)17-11-14(2)10-15(3)12-17/h6-8,10-12H,5,9,13H2,1-4H3,(H,19,20). The van der Waals surface area contributed by atoms with Crippen LogP contribution in [0.25, 0.3) is 0 Å². The fourth-order valence-corrected chi connectivity index (χ4v) is 2.42. The second kappa shape index (κ2) is 7.11. The van der Waals surface area contributed by atoms with Crippen LogP contribution in [0, 0.1) is 13.8 Å². The van der Waals surface area contributed by atoms with E-state index in [0.717, 1.165) is 31.0 Å². The Labute approximate surface area is 128 Å². The van der Waals surface area contributed by atoms with E-state index in [1.54, 1.807) is 0 Å². The molecule has 0 amide bonds. The average molecular weight is 283 g/mol. The van der Waals surface area contributed by atoms with E-state index in [9.17, 15) is 0 Å². The summed E-state index contributed by atoms with van der Waals surface area (Å²) in [6.45, 7) is 8.20. The molecule has 0 radical (unpaired) electrons. The maximum absolute atomic E-state index is 4.67. The Morgan fingerprint density at radius 3 is 2.48 bits per heavy atom. The minimum absolute atomic E-state index is 0.810. The molecule has 3 heteroatoms. The lowest BCUT2D eigenvalue weighted by Gasteiger charge is -2.20. The van der Waals surface area contributed by atoms with Gasteiger partial charge in [-0.05, 0) is 55.7 Å².